The van der Waals surface area contributed by atoms with Crippen LogP contribution in [0.3, 0.4) is 0 Å². The molecule has 0 saturated heterocycles. The molecule has 0 heterocycles. The van der Waals surface area contributed by atoms with Crippen molar-refractivity contribution in [3.8, 4) is 24.7 Å². The Balaban J connectivity index is 1.29. The van der Waals surface area contributed by atoms with Crippen molar-refractivity contribution in [1.29, 1.82) is 0 Å². The highest BCUT2D eigenvalue weighted by atomic mass is 14.8. The maximum absolute atomic E-state index is 5.78. The molecule has 0 N–H and O–H groups in total. The number of rotatable bonds is 3. The van der Waals surface area contributed by atoms with Gasteiger partial charge in [0.2, 0.25) is 0 Å². The van der Waals surface area contributed by atoms with Gasteiger partial charge in [-0.15, -0.1) is 12.8 Å². The van der Waals surface area contributed by atoms with E-state index in [4.69, 9.17) is 12.8 Å². The van der Waals surface area contributed by atoms with Crippen molar-refractivity contribution in [2.45, 2.75) is 116 Å². The van der Waals surface area contributed by atoms with E-state index in [1.54, 1.807) is 11.1 Å². The van der Waals surface area contributed by atoms with Crippen molar-refractivity contribution < 1.29 is 0 Å². The van der Waals surface area contributed by atoms with Gasteiger partial charge in [-0.25, -0.2) is 0 Å². The Morgan fingerprint density at radius 1 is 0.425 bits per heavy atom. The van der Waals surface area contributed by atoms with Crippen LogP contribution < -0.4 is 0 Å². The van der Waals surface area contributed by atoms with Crippen molar-refractivity contribution >= 4 is 0 Å². The number of hydrogen-bond donors (Lipinski definition) is 0. The second-order valence-corrected chi connectivity index (χ2v) is 17.9. The van der Waals surface area contributed by atoms with Gasteiger partial charge in [-0.1, -0.05) is 63.8 Å². The summed E-state index contributed by atoms with van der Waals surface area (Å²) in [6.45, 7) is 10.7. The molecule has 40 heavy (non-hydrogen) atoms. The van der Waals surface area contributed by atoms with Crippen molar-refractivity contribution in [3.63, 3.8) is 0 Å². The number of terminal acetylenes is 2. The van der Waals surface area contributed by atoms with Gasteiger partial charge in [-0.3, -0.25) is 0 Å². The zero-order valence-corrected chi connectivity index (χ0v) is 25.3. The molecule has 10 rings (SSSR count). The molecule has 4 atom stereocenters. The van der Waals surface area contributed by atoms with E-state index in [0.717, 1.165) is 11.1 Å². The minimum Gasteiger partial charge on any atom is -0.115 e. The van der Waals surface area contributed by atoms with Gasteiger partial charge in [-0.2, -0.15) is 0 Å². The molecule has 2 aromatic rings. The fourth-order valence-corrected chi connectivity index (χ4v) is 15.0. The topological polar surface area (TPSA) is 0 Å². The number of benzene rings is 2. The molecule has 8 saturated carbocycles. The van der Waals surface area contributed by atoms with Gasteiger partial charge >= 0.3 is 0 Å². The Labute approximate surface area is 243 Å². The molecule has 0 nitrogen and oxygen atoms in total. The second-order valence-electron chi connectivity index (χ2n) is 17.9. The molecule has 0 amide bonds. The maximum atomic E-state index is 5.78. The van der Waals surface area contributed by atoms with Gasteiger partial charge in [0.05, 0.1) is 0 Å². The maximum Gasteiger partial charge on any atom is 0.0242 e. The van der Waals surface area contributed by atoms with Gasteiger partial charge in [0, 0.05) is 11.1 Å². The van der Waals surface area contributed by atoms with Crippen LogP contribution in [0.25, 0.3) is 0 Å². The third kappa shape index (κ3) is 3.24. The van der Waals surface area contributed by atoms with Crippen LogP contribution in [0.1, 0.15) is 127 Å². The van der Waals surface area contributed by atoms with Crippen LogP contribution in [0.4, 0.5) is 0 Å². The lowest BCUT2D eigenvalue weighted by molar-refractivity contribution is -0.275. The van der Waals surface area contributed by atoms with E-state index in [1.165, 1.54) is 77.0 Å². The van der Waals surface area contributed by atoms with E-state index in [-0.39, 0.29) is 10.8 Å². The van der Waals surface area contributed by atoms with Gasteiger partial charge in [0.25, 0.3) is 0 Å². The van der Waals surface area contributed by atoms with E-state index in [0.29, 0.717) is 32.5 Å². The average Bonchev–Trinajstić information content (AvgIpc) is 2.84. The number of hydrogen-bond acceptors (Lipinski definition) is 0. The van der Waals surface area contributed by atoms with Gasteiger partial charge in [0.15, 0.2) is 0 Å². The standard InChI is InChI=1S/C40H46/c1-7-29-9-13-31(14-10-29)37-19-33(3)17-34(4,20-37)24-39(23-33,27-37)40-25-35(5)18-36(6,26-40)22-38(21-35,28-40)32-15-11-30(8-2)12-16-32/h1-2,9-16H,17-28H2,3-6H3. The Bertz CT molecular complexity index is 1330. The quantitative estimate of drug-likeness (QED) is 0.349. The van der Waals surface area contributed by atoms with Crippen molar-refractivity contribution in [3.05, 3.63) is 70.8 Å². The first-order valence-corrected chi connectivity index (χ1v) is 16.0. The third-order valence-electron chi connectivity index (χ3n) is 13.6. The molecule has 8 aliphatic carbocycles. The predicted molar refractivity (Wildman–Crippen MR) is 165 cm³/mol. The normalized spacial score (nSPS) is 49.5. The minimum absolute atomic E-state index is 0.290. The molecule has 2 aromatic carbocycles. The Morgan fingerprint density at radius 3 is 1.00 bits per heavy atom. The lowest BCUT2D eigenvalue weighted by Crippen LogP contribution is -2.71. The smallest absolute Gasteiger partial charge is 0.0242 e. The SMILES string of the molecule is C#Cc1ccc(C23CC4(C)CC(C)(C2)CC(C25CC6(C)CC(C)(CC(c7ccc(C#C)cc7)(C6)C2)C5)(C4)C3)cc1. The highest BCUT2D eigenvalue weighted by molar-refractivity contribution is 5.43. The molecule has 0 radical (unpaired) electrons. The van der Waals surface area contributed by atoms with Crippen LogP contribution in [0.5, 0.6) is 0 Å². The summed E-state index contributed by atoms with van der Waals surface area (Å²) in [4.78, 5) is 0. The first-order valence-electron chi connectivity index (χ1n) is 16.0. The zero-order valence-electron chi connectivity index (χ0n) is 25.3. The van der Waals surface area contributed by atoms with E-state index in [1.807, 2.05) is 0 Å². The monoisotopic (exact) mass is 526 g/mol. The van der Waals surface area contributed by atoms with Crippen molar-refractivity contribution in [2.75, 3.05) is 0 Å². The average molecular weight is 527 g/mol. The van der Waals surface area contributed by atoms with Crippen molar-refractivity contribution in [2.24, 2.45) is 32.5 Å². The third-order valence-corrected chi connectivity index (χ3v) is 13.6. The van der Waals surface area contributed by atoms with Crippen LogP contribution in [-0.2, 0) is 10.8 Å². The molecule has 0 spiro atoms. The summed E-state index contributed by atoms with van der Waals surface area (Å²) in [6.07, 6.45) is 28.4. The summed E-state index contributed by atoms with van der Waals surface area (Å²) in [6, 6.07) is 18.5. The lowest BCUT2D eigenvalue weighted by Gasteiger charge is -2.80. The molecular formula is C40H46. The van der Waals surface area contributed by atoms with Crippen molar-refractivity contribution in [1.82, 2.24) is 0 Å². The Morgan fingerprint density at radius 2 is 0.725 bits per heavy atom. The molecule has 0 aliphatic heterocycles. The predicted octanol–water partition coefficient (Wildman–Crippen LogP) is 9.59. The van der Waals surface area contributed by atoms with E-state index in [9.17, 15) is 0 Å². The molecule has 0 aromatic heterocycles. The summed E-state index contributed by atoms with van der Waals surface area (Å²) >= 11 is 0. The highest BCUT2D eigenvalue weighted by Gasteiger charge is 2.76. The molecule has 4 unspecified atom stereocenters. The first-order chi connectivity index (χ1) is 18.8. The minimum atomic E-state index is 0.290. The fourth-order valence-electron chi connectivity index (χ4n) is 15.0. The summed E-state index contributed by atoms with van der Waals surface area (Å²) in [7, 11) is 0. The molecule has 8 fully saturated rings. The van der Waals surface area contributed by atoms with Gasteiger partial charge < -0.3 is 0 Å². The van der Waals surface area contributed by atoms with Crippen LogP contribution in [0.2, 0.25) is 0 Å². The summed E-state index contributed by atoms with van der Waals surface area (Å²) in [5.41, 5.74) is 8.33. The lowest BCUT2D eigenvalue weighted by atomic mass is 9.24. The first kappa shape index (κ1) is 25.3. The largest absolute Gasteiger partial charge is 0.115 e. The fraction of sp³-hybridized carbons (Fsp3) is 0.600. The molecule has 0 heteroatoms. The molecular weight excluding hydrogens is 480 g/mol. The summed E-state index contributed by atoms with van der Waals surface area (Å²) in [5.74, 6) is 5.73. The van der Waals surface area contributed by atoms with Crippen LogP contribution in [-0.4, -0.2) is 0 Å². The van der Waals surface area contributed by atoms with Crippen LogP contribution in [0.15, 0.2) is 48.5 Å². The highest BCUT2D eigenvalue weighted by Crippen LogP contribution is 2.85. The van der Waals surface area contributed by atoms with Crippen LogP contribution in [0, 0.1) is 57.2 Å². The Hall–Kier alpha value is -2.44. The van der Waals surface area contributed by atoms with Gasteiger partial charge in [-0.05, 0) is 156 Å². The van der Waals surface area contributed by atoms with Gasteiger partial charge in [0.1, 0.15) is 0 Å². The molecule has 206 valence electrons. The molecule has 8 bridgehead atoms. The van der Waals surface area contributed by atoms with Crippen LogP contribution >= 0.6 is 0 Å². The van der Waals surface area contributed by atoms with E-state index < -0.39 is 0 Å². The second kappa shape index (κ2) is 7.30. The molecule has 8 aliphatic rings. The Kier molecular flexibility index (Phi) is 4.62. The van der Waals surface area contributed by atoms with E-state index >= 15 is 0 Å². The zero-order chi connectivity index (χ0) is 27.9. The summed E-state index contributed by atoms with van der Waals surface area (Å²) in [5, 5.41) is 0. The summed E-state index contributed by atoms with van der Waals surface area (Å²) < 4.78 is 0. The van der Waals surface area contributed by atoms with E-state index in [2.05, 4.69) is 88.1 Å².